The molecule has 0 aliphatic rings. The molecule has 1 atom stereocenters. The summed E-state index contributed by atoms with van der Waals surface area (Å²) < 4.78 is 50.3. The number of aromatic nitrogens is 2. The predicted molar refractivity (Wildman–Crippen MR) is 100 cm³/mol. The van der Waals surface area contributed by atoms with Crippen LogP contribution in [0, 0.1) is 24.4 Å². The lowest BCUT2D eigenvalue weighted by molar-refractivity contribution is -0.123. The number of amides is 2. The summed E-state index contributed by atoms with van der Waals surface area (Å²) in [5.74, 6) is -5.11. The third-order valence-corrected chi connectivity index (χ3v) is 4.81. The van der Waals surface area contributed by atoms with Crippen molar-refractivity contribution in [3.8, 4) is 11.5 Å². The van der Waals surface area contributed by atoms with Crippen LogP contribution in [0.15, 0.2) is 38.5 Å². The number of carbonyl (C=O) groups is 2. The van der Waals surface area contributed by atoms with E-state index in [-0.39, 0.29) is 11.1 Å². The molecule has 2 aromatic heterocycles. The molecular formula is C18H15F3N4O4S. The van der Waals surface area contributed by atoms with E-state index in [1.54, 1.807) is 19.9 Å². The Balaban J connectivity index is 1.51. The molecular weight excluding hydrogens is 425 g/mol. The molecule has 0 aliphatic carbocycles. The van der Waals surface area contributed by atoms with Gasteiger partial charge < -0.3 is 19.5 Å². The van der Waals surface area contributed by atoms with Gasteiger partial charge in [-0.15, -0.1) is 10.2 Å². The minimum atomic E-state index is -1.70. The van der Waals surface area contributed by atoms with Crippen molar-refractivity contribution >= 4 is 29.3 Å². The van der Waals surface area contributed by atoms with Crippen molar-refractivity contribution in [1.29, 1.82) is 0 Å². The first kappa shape index (κ1) is 21.4. The second kappa shape index (κ2) is 9.03. The van der Waals surface area contributed by atoms with E-state index >= 15 is 0 Å². The second-order valence-corrected chi connectivity index (χ2v) is 7.30. The van der Waals surface area contributed by atoms with Crippen molar-refractivity contribution in [3.05, 3.63) is 47.7 Å². The lowest BCUT2D eigenvalue weighted by atomic mass is 10.2. The van der Waals surface area contributed by atoms with E-state index in [0.717, 1.165) is 17.8 Å². The van der Waals surface area contributed by atoms with E-state index in [1.807, 2.05) is 0 Å². The van der Waals surface area contributed by atoms with Crippen LogP contribution in [-0.4, -0.2) is 33.8 Å². The van der Waals surface area contributed by atoms with Gasteiger partial charge in [0.25, 0.3) is 11.1 Å². The largest absolute Gasteiger partial charge is 0.469 e. The summed E-state index contributed by atoms with van der Waals surface area (Å²) in [6, 6.07) is 3.22. The summed E-state index contributed by atoms with van der Waals surface area (Å²) in [5.41, 5.74) is 0.0936. The van der Waals surface area contributed by atoms with E-state index in [1.165, 1.54) is 6.26 Å². The van der Waals surface area contributed by atoms with Gasteiger partial charge in [0.2, 0.25) is 11.8 Å². The van der Waals surface area contributed by atoms with Crippen LogP contribution in [-0.2, 0) is 9.59 Å². The lowest BCUT2D eigenvalue weighted by Crippen LogP contribution is -2.37. The Bertz CT molecular complexity index is 1090. The van der Waals surface area contributed by atoms with Gasteiger partial charge in [-0.05, 0) is 32.0 Å². The number of nitrogens with one attached hydrogen (secondary N) is 2. The average molecular weight is 440 g/mol. The molecule has 0 saturated heterocycles. The Morgan fingerprint density at radius 2 is 1.93 bits per heavy atom. The number of halogens is 3. The van der Waals surface area contributed by atoms with Crippen LogP contribution >= 0.6 is 11.8 Å². The molecule has 0 bridgehead atoms. The van der Waals surface area contributed by atoms with E-state index in [0.29, 0.717) is 17.4 Å². The molecule has 12 heteroatoms. The minimum Gasteiger partial charge on any atom is -0.469 e. The Morgan fingerprint density at radius 3 is 2.63 bits per heavy atom. The van der Waals surface area contributed by atoms with Crippen LogP contribution in [0.4, 0.5) is 18.9 Å². The monoisotopic (exact) mass is 440 g/mol. The highest BCUT2D eigenvalue weighted by molar-refractivity contribution is 8.00. The van der Waals surface area contributed by atoms with Gasteiger partial charge in [0.1, 0.15) is 5.76 Å². The van der Waals surface area contributed by atoms with Crippen molar-refractivity contribution in [2.75, 3.05) is 11.9 Å². The van der Waals surface area contributed by atoms with Gasteiger partial charge in [-0.2, -0.15) is 0 Å². The number of nitrogens with zero attached hydrogens (tertiary/aromatic N) is 2. The van der Waals surface area contributed by atoms with E-state index in [2.05, 4.69) is 20.8 Å². The minimum absolute atomic E-state index is 0.140. The Labute approximate surface area is 172 Å². The highest BCUT2D eigenvalue weighted by Gasteiger charge is 2.21. The van der Waals surface area contributed by atoms with Crippen LogP contribution in [0.25, 0.3) is 11.5 Å². The molecule has 3 rings (SSSR count). The summed E-state index contributed by atoms with van der Waals surface area (Å²) in [5, 5.41) is 11.6. The maximum Gasteiger partial charge on any atom is 0.277 e. The normalized spacial score (nSPS) is 11.9. The fraction of sp³-hybridized carbons (Fsp3) is 0.222. The molecule has 1 unspecified atom stereocenters. The Kier molecular flexibility index (Phi) is 6.45. The standard InChI is InChI=1S/C18H15F3N4O4S/c1-8-10(5-6-28-8)17-24-25-18(29-17)30-9(2)16(27)22-7-13(26)23-12-4-3-11(19)14(20)15(12)21/h3-6,9H,7H2,1-2H3,(H,22,27)(H,23,26). The van der Waals surface area contributed by atoms with Crippen LogP contribution in [0.5, 0.6) is 0 Å². The molecule has 0 spiro atoms. The topological polar surface area (TPSA) is 110 Å². The molecule has 2 N–H and O–H groups in total. The summed E-state index contributed by atoms with van der Waals surface area (Å²) >= 11 is 0.971. The van der Waals surface area contributed by atoms with Crippen molar-refractivity contribution in [3.63, 3.8) is 0 Å². The van der Waals surface area contributed by atoms with Crippen molar-refractivity contribution in [2.45, 2.75) is 24.3 Å². The number of furan rings is 1. The van der Waals surface area contributed by atoms with Crippen molar-refractivity contribution in [1.82, 2.24) is 15.5 Å². The van der Waals surface area contributed by atoms with Crippen LogP contribution in [0.3, 0.4) is 0 Å². The quantitative estimate of drug-likeness (QED) is 0.428. The SMILES string of the molecule is Cc1occc1-c1nnc(SC(C)C(=O)NCC(=O)Nc2ccc(F)c(F)c2F)o1. The number of rotatable bonds is 7. The maximum absolute atomic E-state index is 13.6. The number of thioether (sulfide) groups is 1. The highest BCUT2D eigenvalue weighted by Crippen LogP contribution is 2.28. The average Bonchev–Trinajstić information content (AvgIpc) is 3.35. The number of hydrogen-bond donors (Lipinski definition) is 2. The number of carbonyl (C=O) groups excluding carboxylic acids is 2. The van der Waals surface area contributed by atoms with Gasteiger partial charge in [-0.1, -0.05) is 11.8 Å². The summed E-state index contributed by atoms with van der Waals surface area (Å²) in [6.45, 7) is 2.78. The Morgan fingerprint density at radius 1 is 1.17 bits per heavy atom. The lowest BCUT2D eigenvalue weighted by Gasteiger charge is -2.11. The molecule has 0 aliphatic heterocycles. The molecule has 158 valence electrons. The maximum atomic E-state index is 13.6. The van der Waals surface area contributed by atoms with Crippen molar-refractivity contribution in [2.24, 2.45) is 0 Å². The van der Waals surface area contributed by atoms with Crippen LogP contribution < -0.4 is 10.6 Å². The van der Waals surface area contributed by atoms with Crippen LogP contribution in [0.1, 0.15) is 12.7 Å². The number of aryl methyl sites for hydroxylation is 1. The van der Waals surface area contributed by atoms with E-state index < -0.39 is 46.7 Å². The first-order valence-electron chi connectivity index (χ1n) is 8.52. The van der Waals surface area contributed by atoms with Crippen LogP contribution in [0.2, 0.25) is 0 Å². The summed E-state index contributed by atoms with van der Waals surface area (Å²) in [6.07, 6.45) is 1.48. The van der Waals surface area contributed by atoms with E-state index in [4.69, 9.17) is 8.83 Å². The van der Waals surface area contributed by atoms with Crippen molar-refractivity contribution < 1.29 is 31.6 Å². The first-order valence-corrected chi connectivity index (χ1v) is 9.40. The molecule has 3 aromatic rings. The number of benzene rings is 1. The number of anilines is 1. The zero-order valence-corrected chi connectivity index (χ0v) is 16.5. The molecule has 0 saturated carbocycles. The molecule has 30 heavy (non-hydrogen) atoms. The van der Waals surface area contributed by atoms with Gasteiger partial charge in [0.15, 0.2) is 17.5 Å². The molecule has 1 aromatic carbocycles. The fourth-order valence-electron chi connectivity index (χ4n) is 2.31. The smallest absolute Gasteiger partial charge is 0.277 e. The zero-order chi connectivity index (χ0) is 21.8. The zero-order valence-electron chi connectivity index (χ0n) is 15.7. The predicted octanol–water partition coefficient (Wildman–Crippen LogP) is 3.29. The summed E-state index contributed by atoms with van der Waals surface area (Å²) in [7, 11) is 0. The third-order valence-electron chi connectivity index (χ3n) is 3.87. The van der Waals surface area contributed by atoms with Gasteiger partial charge in [-0.25, -0.2) is 13.2 Å². The second-order valence-electron chi connectivity index (χ2n) is 6.01. The van der Waals surface area contributed by atoms with Gasteiger partial charge >= 0.3 is 0 Å². The Hall–Kier alpha value is -3.28. The third kappa shape index (κ3) is 4.82. The molecule has 0 radical (unpaired) electrons. The summed E-state index contributed by atoms with van der Waals surface area (Å²) in [4.78, 5) is 24.0. The van der Waals surface area contributed by atoms with Gasteiger partial charge in [-0.3, -0.25) is 9.59 Å². The highest BCUT2D eigenvalue weighted by atomic mass is 32.2. The van der Waals surface area contributed by atoms with Gasteiger partial charge in [0, 0.05) is 0 Å². The van der Waals surface area contributed by atoms with Gasteiger partial charge in [0.05, 0.1) is 29.3 Å². The molecule has 0 fully saturated rings. The molecule has 2 heterocycles. The van der Waals surface area contributed by atoms with E-state index in [9.17, 15) is 22.8 Å². The molecule has 8 nitrogen and oxygen atoms in total. The first-order chi connectivity index (χ1) is 14.3. The fourth-order valence-corrected chi connectivity index (χ4v) is 3.01. The number of hydrogen-bond acceptors (Lipinski definition) is 7. The molecule has 2 amide bonds.